The fourth-order valence-electron chi connectivity index (χ4n) is 3.16. The number of fused-ring (bicyclic) bond motifs is 1. The molecule has 1 fully saturated rings. The van der Waals surface area contributed by atoms with Crippen LogP contribution in [0.15, 0.2) is 29.4 Å². The summed E-state index contributed by atoms with van der Waals surface area (Å²) in [6, 6.07) is 7.60. The molecule has 5 nitrogen and oxygen atoms in total. The summed E-state index contributed by atoms with van der Waals surface area (Å²) in [5.74, 6) is 0.00615. The molecule has 2 aliphatic rings. The van der Waals surface area contributed by atoms with Crippen LogP contribution in [-0.4, -0.2) is 35.6 Å². The monoisotopic (exact) mass is 288 g/mol. The molecular weight excluding hydrogens is 268 g/mol. The van der Waals surface area contributed by atoms with E-state index in [4.69, 9.17) is 4.74 Å². The summed E-state index contributed by atoms with van der Waals surface area (Å²) < 4.78 is 5.69. The van der Waals surface area contributed by atoms with E-state index in [1.807, 2.05) is 31.2 Å². The first-order valence-corrected chi connectivity index (χ1v) is 7.42. The highest BCUT2D eigenvalue weighted by Gasteiger charge is 2.42. The zero-order valence-electron chi connectivity index (χ0n) is 12.2. The lowest BCUT2D eigenvalue weighted by Gasteiger charge is -2.31. The molecule has 3 rings (SSSR count). The third-order valence-corrected chi connectivity index (χ3v) is 4.34. The zero-order valence-corrected chi connectivity index (χ0v) is 12.2. The smallest absolute Gasteiger partial charge is 0.258 e. The highest BCUT2D eigenvalue weighted by atomic mass is 16.5. The van der Waals surface area contributed by atoms with Crippen LogP contribution < -0.4 is 4.90 Å². The lowest BCUT2D eigenvalue weighted by molar-refractivity contribution is -0.136. The van der Waals surface area contributed by atoms with Gasteiger partial charge in [0.25, 0.3) is 5.91 Å². The van der Waals surface area contributed by atoms with Gasteiger partial charge in [0.2, 0.25) is 0 Å². The van der Waals surface area contributed by atoms with Gasteiger partial charge in [-0.2, -0.15) is 0 Å². The molecule has 0 bridgehead atoms. The molecule has 0 spiro atoms. The Bertz CT molecular complexity index is 577. The fraction of sp³-hybridized carbons (Fsp3) is 0.500. The topological polar surface area (TPSA) is 62.1 Å². The van der Waals surface area contributed by atoms with E-state index in [1.165, 1.54) is 0 Å². The molecule has 0 radical (unpaired) electrons. The molecule has 1 atom stereocenters. The minimum absolute atomic E-state index is 0.00615. The molecule has 0 saturated carbocycles. The van der Waals surface area contributed by atoms with Crippen molar-refractivity contribution in [2.75, 3.05) is 18.1 Å². The number of carbonyl (C=O) groups is 1. The van der Waals surface area contributed by atoms with Crippen molar-refractivity contribution >= 4 is 17.3 Å². The fourth-order valence-corrected chi connectivity index (χ4v) is 3.16. The van der Waals surface area contributed by atoms with Crippen LogP contribution in [0.5, 0.6) is 0 Å². The molecular formula is C16H20N2O3. The molecule has 1 saturated heterocycles. The maximum Gasteiger partial charge on any atom is 0.258 e. The van der Waals surface area contributed by atoms with Gasteiger partial charge in [-0.3, -0.25) is 4.79 Å². The first kappa shape index (κ1) is 14.1. The van der Waals surface area contributed by atoms with Gasteiger partial charge >= 0.3 is 0 Å². The summed E-state index contributed by atoms with van der Waals surface area (Å²) in [6.45, 7) is 3.13. The third kappa shape index (κ3) is 2.42. The van der Waals surface area contributed by atoms with Crippen molar-refractivity contribution in [2.45, 2.75) is 38.2 Å². The van der Waals surface area contributed by atoms with E-state index in [9.17, 15) is 10.0 Å². The number of amides is 1. The highest BCUT2D eigenvalue weighted by molar-refractivity contribution is 6.10. The van der Waals surface area contributed by atoms with Crippen LogP contribution in [0.4, 0.5) is 5.69 Å². The van der Waals surface area contributed by atoms with Crippen LogP contribution in [0, 0.1) is 0 Å². The van der Waals surface area contributed by atoms with Crippen molar-refractivity contribution in [3.8, 4) is 0 Å². The number of anilines is 1. The Kier molecular flexibility index (Phi) is 3.68. The Morgan fingerprint density at radius 2 is 2.19 bits per heavy atom. The van der Waals surface area contributed by atoms with Crippen LogP contribution in [0.3, 0.4) is 0 Å². The van der Waals surface area contributed by atoms with E-state index < -0.39 is 5.60 Å². The van der Waals surface area contributed by atoms with Gasteiger partial charge in [0.1, 0.15) is 5.60 Å². The molecule has 2 heterocycles. The number of hydrogen-bond donors (Lipinski definition) is 1. The normalized spacial score (nSPS) is 27.5. The van der Waals surface area contributed by atoms with Gasteiger partial charge in [-0.25, -0.2) is 0 Å². The predicted octanol–water partition coefficient (Wildman–Crippen LogP) is 2.56. The molecule has 5 heteroatoms. The Balaban J connectivity index is 2.01. The maximum absolute atomic E-state index is 12.9. The number of benzene rings is 1. The van der Waals surface area contributed by atoms with Crippen LogP contribution >= 0.6 is 0 Å². The van der Waals surface area contributed by atoms with E-state index in [2.05, 4.69) is 5.16 Å². The molecule has 1 N–H and O–H groups in total. The summed E-state index contributed by atoms with van der Waals surface area (Å²) in [5, 5.41) is 12.6. The Hall–Kier alpha value is -1.88. The summed E-state index contributed by atoms with van der Waals surface area (Å²) >= 11 is 0. The second-order valence-corrected chi connectivity index (χ2v) is 5.81. The lowest BCUT2D eigenvalue weighted by Crippen LogP contribution is -2.47. The number of rotatable bonds is 1. The number of nitrogens with zero attached hydrogens (tertiary/aromatic N) is 2. The SMILES string of the molecule is CC1(C(=O)N2CCC/C(=N/O)c3ccccc32)CCCO1. The molecule has 1 unspecified atom stereocenters. The lowest BCUT2D eigenvalue weighted by atomic mass is 10.00. The van der Waals surface area contributed by atoms with E-state index in [0.717, 1.165) is 30.5 Å². The van der Waals surface area contributed by atoms with Crippen molar-refractivity contribution < 1.29 is 14.7 Å². The van der Waals surface area contributed by atoms with E-state index in [0.29, 0.717) is 25.3 Å². The second-order valence-electron chi connectivity index (χ2n) is 5.81. The maximum atomic E-state index is 12.9. The quantitative estimate of drug-likeness (QED) is 0.638. The number of oxime groups is 1. The van der Waals surface area contributed by atoms with Crippen molar-refractivity contribution in [1.82, 2.24) is 0 Å². The number of para-hydroxylation sites is 1. The summed E-state index contributed by atoms with van der Waals surface area (Å²) in [7, 11) is 0. The van der Waals surface area contributed by atoms with E-state index in [1.54, 1.807) is 4.90 Å². The van der Waals surface area contributed by atoms with Crippen LogP contribution in [0.1, 0.15) is 38.2 Å². The molecule has 0 aromatic heterocycles. The number of ether oxygens (including phenoxy) is 1. The average molecular weight is 288 g/mol. The van der Waals surface area contributed by atoms with Gasteiger partial charge in [-0.15, -0.1) is 0 Å². The summed E-state index contributed by atoms with van der Waals surface area (Å²) in [4.78, 5) is 14.7. The minimum Gasteiger partial charge on any atom is -0.411 e. The molecule has 112 valence electrons. The third-order valence-electron chi connectivity index (χ3n) is 4.34. The predicted molar refractivity (Wildman–Crippen MR) is 79.9 cm³/mol. The first-order chi connectivity index (χ1) is 10.2. The molecule has 21 heavy (non-hydrogen) atoms. The van der Waals surface area contributed by atoms with Gasteiger partial charge in [-0.1, -0.05) is 23.4 Å². The van der Waals surface area contributed by atoms with Gasteiger partial charge in [0.05, 0.1) is 11.4 Å². The van der Waals surface area contributed by atoms with Crippen LogP contribution in [0.2, 0.25) is 0 Å². The second kappa shape index (κ2) is 5.48. The standard InChI is InChI=1S/C16H20N2O3/c1-16(9-5-11-21-16)15(19)18-10-4-7-13(17-20)12-6-2-3-8-14(12)18/h2-3,6,8,20H,4-5,7,9-11H2,1H3/b17-13-. The van der Waals surface area contributed by atoms with E-state index in [-0.39, 0.29) is 5.91 Å². The van der Waals surface area contributed by atoms with Crippen molar-refractivity contribution in [1.29, 1.82) is 0 Å². The largest absolute Gasteiger partial charge is 0.411 e. The Labute approximate surface area is 124 Å². The summed E-state index contributed by atoms with van der Waals surface area (Å²) in [5.41, 5.74) is 1.55. The zero-order chi connectivity index (χ0) is 14.9. The van der Waals surface area contributed by atoms with E-state index >= 15 is 0 Å². The minimum atomic E-state index is -0.728. The average Bonchev–Trinajstić information content (AvgIpc) is 2.87. The van der Waals surface area contributed by atoms with Gasteiger partial charge in [0.15, 0.2) is 0 Å². The van der Waals surface area contributed by atoms with Crippen LogP contribution in [0.25, 0.3) is 0 Å². The van der Waals surface area contributed by atoms with Crippen molar-refractivity contribution in [3.05, 3.63) is 29.8 Å². The Morgan fingerprint density at radius 1 is 1.38 bits per heavy atom. The molecule has 1 aromatic rings. The first-order valence-electron chi connectivity index (χ1n) is 7.42. The Morgan fingerprint density at radius 3 is 2.90 bits per heavy atom. The van der Waals surface area contributed by atoms with Crippen molar-refractivity contribution in [2.24, 2.45) is 5.16 Å². The highest BCUT2D eigenvalue weighted by Crippen LogP contribution is 2.33. The van der Waals surface area contributed by atoms with Gasteiger partial charge in [-0.05, 0) is 38.7 Å². The molecule has 1 amide bonds. The molecule has 0 aliphatic carbocycles. The number of hydrogen-bond acceptors (Lipinski definition) is 4. The van der Waals surface area contributed by atoms with Crippen molar-refractivity contribution in [3.63, 3.8) is 0 Å². The van der Waals surface area contributed by atoms with Crippen LogP contribution in [-0.2, 0) is 9.53 Å². The van der Waals surface area contributed by atoms with Gasteiger partial charge < -0.3 is 14.8 Å². The summed E-state index contributed by atoms with van der Waals surface area (Å²) in [6.07, 6.45) is 3.11. The number of carbonyl (C=O) groups excluding carboxylic acids is 1. The molecule has 2 aliphatic heterocycles. The van der Waals surface area contributed by atoms with Gasteiger partial charge in [0, 0.05) is 18.7 Å². The molecule has 1 aromatic carbocycles.